The number of rotatable bonds is 8. The molecular weight excluding hydrogens is 402 g/mol. The van der Waals surface area contributed by atoms with Gasteiger partial charge in [-0.2, -0.15) is 0 Å². The van der Waals surface area contributed by atoms with Crippen molar-refractivity contribution in [2.45, 2.75) is 11.8 Å². The number of carbonyl (C=O) groups excluding carboxylic acids is 1. The van der Waals surface area contributed by atoms with E-state index >= 15 is 0 Å². The summed E-state index contributed by atoms with van der Waals surface area (Å²) in [7, 11) is -2.24. The molecular formula is C23H23NO5S. The van der Waals surface area contributed by atoms with Crippen molar-refractivity contribution in [2.75, 3.05) is 24.6 Å². The van der Waals surface area contributed by atoms with Crippen LogP contribution in [0.2, 0.25) is 0 Å². The molecule has 0 aromatic heterocycles. The molecule has 0 aliphatic heterocycles. The van der Waals surface area contributed by atoms with Gasteiger partial charge in [-0.3, -0.25) is 4.31 Å². The van der Waals surface area contributed by atoms with Gasteiger partial charge in [-0.1, -0.05) is 35.9 Å². The number of anilines is 1. The Bertz CT molecular complexity index is 1080. The van der Waals surface area contributed by atoms with Crippen LogP contribution < -0.4 is 9.04 Å². The summed E-state index contributed by atoms with van der Waals surface area (Å²) in [6.07, 6.45) is 0. The summed E-state index contributed by atoms with van der Waals surface area (Å²) < 4.78 is 37.5. The average Bonchev–Trinajstić information content (AvgIpc) is 2.78. The van der Waals surface area contributed by atoms with Gasteiger partial charge in [-0.25, -0.2) is 13.2 Å². The number of esters is 1. The Labute approximate surface area is 176 Å². The molecule has 0 saturated carbocycles. The van der Waals surface area contributed by atoms with Crippen LogP contribution in [0.25, 0.3) is 0 Å². The van der Waals surface area contributed by atoms with Gasteiger partial charge in [-0.15, -0.1) is 0 Å². The van der Waals surface area contributed by atoms with Crippen LogP contribution in [0.15, 0.2) is 83.8 Å². The van der Waals surface area contributed by atoms with E-state index in [4.69, 9.17) is 9.47 Å². The molecule has 0 unspecified atom stereocenters. The van der Waals surface area contributed by atoms with Gasteiger partial charge >= 0.3 is 5.97 Å². The van der Waals surface area contributed by atoms with Crippen LogP contribution in [-0.2, 0) is 14.8 Å². The summed E-state index contributed by atoms with van der Waals surface area (Å²) in [5.74, 6) is 0.164. The number of sulfonamides is 1. The topological polar surface area (TPSA) is 72.9 Å². The lowest BCUT2D eigenvalue weighted by atomic mass is 10.2. The molecule has 156 valence electrons. The number of aryl methyl sites for hydroxylation is 1. The highest BCUT2D eigenvalue weighted by molar-refractivity contribution is 7.92. The fourth-order valence-corrected chi connectivity index (χ4v) is 3.91. The summed E-state index contributed by atoms with van der Waals surface area (Å²) in [6.45, 7) is 2.30. The lowest BCUT2D eigenvalue weighted by Crippen LogP contribution is -2.26. The van der Waals surface area contributed by atoms with Gasteiger partial charge < -0.3 is 9.47 Å². The van der Waals surface area contributed by atoms with E-state index < -0.39 is 16.0 Å². The van der Waals surface area contributed by atoms with Gasteiger partial charge in [0.25, 0.3) is 10.0 Å². The van der Waals surface area contributed by atoms with Crippen molar-refractivity contribution in [3.63, 3.8) is 0 Å². The maximum absolute atomic E-state index is 12.8. The smallest absolute Gasteiger partial charge is 0.338 e. The van der Waals surface area contributed by atoms with Gasteiger partial charge in [0.05, 0.1) is 16.1 Å². The molecule has 3 aromatic carbocycles. The third-order valence-electron chi connectivity index (χ3n) is 4.47. The second kappa shape index (κ2) is 9.45. The first-order valence-electron chi connectivity index (χ1n) is 9.38. The summed E-state index contributed by atoms with van der Waals surface area (Å²) in [6, 6.07) is 22.0. The van der Waals surface area contributed by atoms with Crippen molar-refractivity contribution in [1.29, 1.82) is 0 Å². The molecule has 0 saturated heterocycles. The molecule has 6 nitrogen and oxygen atoms in total. The molecule has 30 heavy (non-hydrogen) atoms. The van der Waals surface area contributed by atoms with Gasteiger partial charge in [0.15, 0.2) is 0 Å². The van der Waals surface area contributed by atoms with Crippen LogP contribution >= 0.6 is 0 Å². The second-order valence-corrected chi connectivity index (χ2v) is 8.60. The molecule has 0 aliphatic carbocycles. The number of nitrogens with zero attached hydrogens (tertiary/aromatic N) is 1. The number of hydrogen-bond donors (Lipinski definition) is 0. The Kier molecular flexibility index (Phi) is 6.74. The first kappa shape index (κ1) is 21.4. The Morgan fingerprint density at radius 2 is 1.50 bits per heavy atom. The zero-order chi connectivity index (χ0) is 21.6. The van der Waals surface area contributed by atoms with Gasteiger partial charge in [-0.05, 0) is 55.5 Å². The minimum Gasteiger partial charge on any atom is -0.490 e. The van der Waals surface area contributed by atoms with Crippen molar-refractivity contribution >= 4 is 21.7 Å². The molecule has 0 amide bonds. The third-order valence-corrected chi connectivity index (χ3v) is 6.27. The Hall–Kier alpha value is -3.32. The highest BCUT2D eigenvalue weighted by atomic mass is 32.2. The van der Waals surface area contributed by atoms with E-state index in [1.807, 2.05) is 37.3 Å². The van der Waals surface area contributed by atoms with Crippen LogP contribution in [0.4, 0.5) is 5.69 Å². The zero-order valence-corrected chi connectivity index (χ0v) is 17.6. The fraction of sp³-hybridized carbons (Fsp3) is 0.174. The largest absolute Gasteiger partial charge is 0.490 e. The third kappa shape index (κ3) is 5.18. The minimum absolute atomic E-state index is 0.0868. The molecule has 0 heterocycles. The SMILES string of the molecule is Cc1ccc(OCCOC(=O)c2ccc(S(=O)(=O)N(C)c3ccccc3)cc2)cc1. The zero-order valence-electron chi connectivity index (χ0n) is 16.8. The summed E-state index contributed by atoms with van der Waals surface area (Å²) in [4.78, 5) is 12.3. The normalized spacial score (nSPS) is 11.0. The number of benzene rings is 3. The predicted octanol–water partition coefficient (Wildman–Crippen LogP) is 4.06. The van der Waals surface area contributed by atoms with E-state index in [1.54, 1.807) is 24.3 Å². The van der Waals surface area contributed by atoms with Gasteiger partial charge in [0.2, 0.25) is 0 Å². The number of hydrogen-bond acceptors (Lipinski definition) is 5. The lowest BCUT2D eigenvalue weighted by Gasteiger charge is -2.19. The average molecular weight is 426 g/mol. The molecule has 0 radical (unpaired) electrons. The summed E-state index contributed by atoms with van der Waals surface area (Å²) in [5, 5.41) is 0. The Balaban J connectivity index is 1.56. The Morgan fingerprint density at radius 1 is 0.867 bits per heavy atom. The predicted molar refractivity (Wildman–Crippen MR) is 115 cm³/mol. The van der Waals surface area contributed by atoms with E-state index in [0.29, 0.717) is 11.4 Å². The molecule has 7 heteroatoms. The van der Waals surface area contributed by atoms with Crippen LogP contribution in [-0.4, -0.2) is 34.6 Å². The van der Waals surface area contributed by atoms with Crippen LogP contribution in [0.5, 0.6) is 5.75 Å². The van der Waals surface area contributed by atoms with E-state index in [9.17, 15) is 13.2 Å². The molecule has 0 spiro atoms. The second-order valence-electron chi connectivity index (χ2n) is 6.63. The standard InChI is InChI=1S/C23H23NO5S/c1-18-8-12-21(13-9-18)28-16-17-29-23(25)19-10-14-22(15-11-19)30(26,27)24(2)20-6-4-3-5-7-20/h3-15H,16-17H2,1-2H3. The van der Waals surface area contributed by atoms with Gasteiger partial charge in [0.1, 0.15) is 19.0 Å². The lowest BCUT2D eigenvalue weighted by molar-refractivity contribution is 0.0450. The molecule has 3 aromatic rings. The number of para-hydroxylation sites is 1. The molecule has 3 rings (SSSR count). The first-order chi connectivity index (χ1) is 14.4. The molecule has 0 bridgehead atoms. The van der Waals surface area contributed by atoms with E-state index in [-0.39, 0.29) is 23.7 Å². The van der Waals surface area contributed by atoms with Crippen LogP contribution in [0.1, 0.15) is 15.9 Å². The fourth-order valence-electron chi connectivity index (χ4n) is 2.71. The van der Waals surface area contributed by atoms with E-state index in [2.05, 4.69) is 0 Å². The quantitative estimate of drug-likeness (QED) is 0.402. The maximum Gasteiger partial charge on any atom is 0.338 e. The monoisotopic (exact) mass is 425 g/mol. The molecule has 0 fully saturated rings. The van der Waals surface area contributed by atoms with Crippen molar-refractivity contribution in [3.05, 3.63) is 90.0 Å². The van der Waals surface area contributed by atoms with E-state index in [1.165, 1.54) is 35.6 Å². The highest BCUT2D eigenvalue weighted by Crippen LogP contribution is 2.22. The molecule has 0 aliphatic rings. The Morgan fingerprint density at radius 3 is 2.13 bits per heavy atom. The first-order valence-corrected chi connectivity index (χ1v) is 10.8. The van der Waals surface area contributed by atoms with Crippen molar-refractivity contribution in [1.82, 2.24) is 0 Å². The van der Waals surface area contributed by atoms with Crippen molar-refractivity contribution in [2.24, 2.45) is 0 Å². The van der Waals surface area contributed by atoms with Gasteiger partial charge in [0, 0.05) is 7.05 Å². The maximum atomic E-state index is 12.8. The minimum atomic E-state index is -3.73. The molecule has 0 atom stereocenters. The van der Waals surface area contributed by atoms with Crippen molar-refractivity contribution in [3.8, 4) is 5.75 Å². The summed E-state index contributed by atoms with van der Waals surface area (Å²) in [5.41, 5.74) is 1.95. The van der Waals surface area contributed by atoms with Crippen LogP contribution in [0.3, 0.4) is 0 Å². The molecule has 0 N–H and O–H groups in total. The van der Waals surface area contributed by atoms with E-state index in [0.717, 1.165) is 5.56 Å². The van der Waals surface area contributed by atoms with Crippen molar-refractivity contribution < 1.29 is 22.7 Å². The highest BCUT2D eigenvalue weighted by Gasteiger charge is 2.21. The number of ether oxygens (including phenoxy) is 2. The number of carbonyl (C=O) groups is 1. The van der Waals surface area contributed by atoms with Crippen LogP contribution in [0, 0.1) is 6.92 Å². The summed E-state index contributed by atoms with van der Waals surface area (Å²) >= 11 is 0.